The Balaban J connectivity index is 2.47. The number of nitrogens with zero attached hydrogens (tertiary/aromatic N) is 1. The van der Waals surface area contributed by atoms with Gasteiger partial charge in [-0.15, -0.1) is 6.58 Å². The third kappa shape index (κ3) is 3.53. The highest BCUT2D eigenvalue weighted by atomic mass is 32.1. The lowest BCUT2D eigenvalue weighted by Gasteiger charge is -2.07. The van der Waals surface area contributed by atoms with E-state index in [2.05, 4.69) is 22.2 Å². The molecule has 0 fully saturated rings. The van der Waals surface area contributed by atoms with Gasteiger partial charge in [-0.05, 0) is 30.8 Å². The van der Waals surface area contributed by atoms with Crippen LogP contribution in [0.4, 0.5) is 5.82 Å². The van der Waals surface area contributed by atoms with Crippen molar-refractivity contribution in [1.82, 2.24) is 10.3 Å². The van der Waals surface area contributed by atoms with E-state index in [1.165, 1.54) is 0 Å². The van der Waals surface area contributed by atoms with E-state index in [9.17, 15) is 0 Å². The number of hydrogen-bond acceptors (Lipinski definition) is 2. The van der Waals surface area contributed by atoms with Crippen molar-refractivity contribution in [2.45, 2.75) is 6.92 Å². The van der Waals surface area contributed by atoms with Gasteiger partial charge in [0, 0.05) is 12.7 Å². The number of anilines is 1. The number of aromatic nitrogens is 1. The van der Waals surface area contributed by atoms with Gasteiger partial charge in [-0.25, -0.2) is 4.98 Å². The van der Waals surface area contributed by atoms with Gasteiger partial charge in [-0.2, -0.15) is 0 Å². The first-order chi connectivity index (χ1) is 6.72. The molecular weight excluding hydrogens is 194 g/mol. The first-order valence-electron chi connectivity index (χ1n) is 4.31. The van der Waals surface area contributed by atoms with Crippen LogP contribution in [0.5, 0.6) is 0 Å². The van der Waals surface area contributed by atoms with E-state index < -0.39 is 0 Å². The number of pyridine rings is 1. The van der Waals surface area contributed by atoms with Crippen molar-refractivity contribution in [1.29, 1.82) is 0 Å². The molecule has 0 aliphatic heterocycles. The Kier molecular flexibility index (Phi) is 4.07. The van der Waals surface area contributed by atoms with Gasteiger partial charge in [0.05, 0.1) is 0 Å². The molecular formula is C10H13N3S. The molecule has 4 heteroatoms. The third-order valence-electron chi connectivity index (χ3n) is 1.56. The highest BCUT2D eigenvalue weighted by Crippen LogP contribution is 2.02. The maximum atomic E-state index is 5.02. The molecule has 1 aromatic heterocycles. The molecule has 14 heavy (non-hydrogen) atoms. The summed E-state index contributed by atoms with van der Waals surface area (Å²) in [6.45, 7) is 6.23. The van der Waals surface area contributed by atoms with Crippen LogP contribution < -0.4 is 10.6 Å². The summed E-state index contributed by atoms with van der Waals surface area (Å²) in [5.41, 5.74) is 1.13. The minimum absolute atomic E-state index is 0.557. The van der Waals surface area contributed by atoms with Gasteiger partial charge in [0.1, 0.15) is 5.82 Å². The molecule has 1 rings (SSSR count). The lowest BCUT2D eigenvalue weighted by Crippen LogP contribution is -2.28. The van der Waals surface area contributed by atoms with Gasteiger partial charge < -0.3 is 10.6 Å². The average molecular weight is 207 g/mol. The molecule has 0 atom stereocenters. The van der Waals surface area contributed by atoms with E-state index in [4.69, 9.17) is 12.2 Å². The van der Waals surface area contributed by atoms with Crippen LogP contribution in [0.2, 0.25) is 0 Å². The van der Waals surface area contributed by atoms with E-state index in [1.54, 1.807) is 12.3 Å². The topological polar surface area (TPSA) is 37.0 Å². The Morgan fingerprint density at radius 1 is 1.64 bits per heavy atom. The van der Waals surface area contributed by atoms with Gasteiger partial charge in [0.2, 0.25) is 0 Å². The maximum absolute atomic E-state index is 5.02. The van der Waals surface area contributed by atoms with E-state index in [1.807, 2.05) is 19.1 Å². The van der Waals surface area contributed by atoms with Gasteiger partial charge >= 0.3 is 0 Å². The van der Waals surface area contributed by atoms with E-state index in [0.29, 0.717) is 11.7 Å². The molecule has 0 unspecified atom stereocenters. The normalized spacial score (nSPS) is 9.21. The van der Waals surface area contributed by atoms with Crippen LogP contribution in [0.1, 0.15) is 5.56 Å². The molecule has 3 nitrogen and oxygen atoms in total. The van der Waals surface area contributed by atoms with Crippen LogP contribution in [0.15, 0.2) is 31.0 Å². The summed E-state index contributed by atoms with van der Waals surface area (Å²) >= 11 is 5.02. The van der Waals surface area contributed by atoms with Crippen LogP contribution in [0.25, 0.3) is 0 Å². The van der Waals surface area contributed by atoms with E-state index >= 15 is 0 Å². The molecule has 1 aromatic rings. The molecule has 0 aliphatic carbocycles. The van der Waals surface area contributed by atoms with Crippen LogP contribution in [0, 0.1) is 6.92 Å². The highest BCUT2D eigenvalue weighted by molar-refractivity contribution is 7.80. The number of hydrogen-bond donors (Lipinski definition) is 2. The molecule has 74 valence electrons. The van der Waals surface area contributed by atoms with Crippen LogP contribution in [-0.4, -0.2) is 16.6 Å². The second-order valence-electron chi connectivity index (χ2n) is 2.84. The maximum Gasteiger partial charge on any atom is 0.172 e. The summed E-state index contributed by atoms with van der Waals surface area (Å²) in [4.78, 5) is 4.16. The molecule has 0 aromatic carbocycles. The third-order valence-corrected chi connectivity index (χ3v) is 1.81. The number of nitrogens with one attached hydrogen (secondary N) is 2. The summed E-state index contributed by atoms with van der Waals surface area (Å²) in [6, 6.07) is 3.86. The lowest BCUT2D eigenvalue weighted by atomic mass is 10.3. The average Bonchev–Trinajstić information content (AvgIpc) is 2.18. The predicted octanol–water partition coefficient (Wildman–Crippen LogP) is 1.86. The Morgan fingerprint density at radius 3 is 3.00 bits per heavy atom. The van der Waals surface area contributed by atoms with E-state index in [0.717, 1.165) is 11.4 Å². The fourth-order valence-corrected chi connectivity index (χ4v) is 1.06. The Hall–Kier alpha value is -1.42. The quantitative estimate of drug-likeness (QED) is 0.586. The van der Waals surface area contributed by atoms with E-state index in [-0.39, 0.29) is 0 Å². The van der Waals surface area contributed by atoms with Crippen LogP contribution in [0.3, 0.4) is 0 Å². The SMILES string of the molecule is C=CCNC(=S)Nc1ccc(C)cn1. The van der Waals surface area contributed by atoms with Crippen molar-refractivity contribution < 1.29 is 0 Å². The fourth-order valence-electron chi connectivity index (χ4n) is 0.867. The monoisotopic (exact) mass is 207 g/mol. The molecule has 2 N–H and O–H groups in total. The minimum atomic E-state index is 0.557. The standard InChI is InChI=1S/C10H13N3S/c1-3-6-11-10(14)13-9-5-4-8(2)7-12-9/h3-5,7H,1,6H2,2H3,(H2,11,12,13,14). The first-order valence-corrected chi connectivity index (χ1v) is 4.71. The second kappa shape index (κ2) is 5.34. The van der Waals surface area contributed by atoms with Gasteiger partial charge in [0.15, 0.2) is 5.11 Å². The molecule has 0 bridgehead atoms. The summed E-state index contributed by atoms with van der Waals surface area (Å²) in [6.07, 6.45) is 3.54. The summed E-state index contributed by atoms with van der Waals surface area (Å²) in [7, 11) is 0. The zero-order valence-electron chi connectivity index (χ0n) is 8.08. The predicted molar refractivity (Wildman–Crippen MR) is 63.4 cm³/mol. The van der Waals surface area contributed by atoms with Crippen molar-refractivity contribution >= 4 is 23.1 Å². The smallest absolute Gasteiger partial charge is 0.172 e. The van der Waals surface area contributed by atoms with Crippen molar-refractivity contribution in [3.63, 3.8) is 0 Å². The zero-order chi connectivity index (χ0) is 10.4. The molecule has 0 saturated heterocycles. The molecule has 0 spiro atoms. The molecule has 0 amide bonds. The van der Waals surface area contributed by atoms with Crippen LogP contribution in [-0.2, 0) is 0 Å². The van der Waals surface area contributed by atoms with Gasteiger partial charge in [0.25, 0.3) is 0 Å². The van der Waals surface area contributed by atoms with Gasteiger partial charge in [-0.1, -0.05) is 12.1 Å². The summed E-state index contributed by atoms with van der Waals surface area (Å²) in [5.74, 6) is 0.747. The van der Waals surface area contributed by atoms with Crippen molar-refractivity contribution in [3.05, 3.63) is 36.5 Å². The largest absolute Gasteiger partial charge is 0.359 e. The second-order valence-corrected chi connectivity index (χ2v) is 3.25. The van der Waals surface area contributed by atoms with Crippen molar-refractivity contribution in [2.24, 2.45) is 0 Å². The number of thiocarbonyl (C=S) groups is 1. The summed E-state index contributed by atoms with van der Waals surface area (Å²) in [5, 5.41) is 6.48. The molecule has 0 saturated carbocycles. The first kappa shape index (κ1) is 10.7. The Morgan fingerprint density at radius 2 is 2.43 bits per heavy atom. The molecule has 0 aliphatic rings. The van der Waals surface area contributed by atoms with Gasteiger partial charge in [-0.3, -0.25) is 0 Å². The Labute approximate surface area is 89.2 Å². The lowest BCUT2D eigenvalue weighted by molar-refractivity contribution is 1.06. The molecule has 0 radical (unpaired) electrons. The van der Waals surface area contributed by atoms with Crippen LogP contribution >= 0.6 is 12.2 Å². The molecule has 1 heterocycles. The zero-order valence-corrected chi connectivity index (χ0v) is 8.90. The van der Waals surface area contributed by atoms with Crippen molar-refractivity contribution in [3.8, 4) is 0 Å². The number of rotatable bonds is 3. The summed E-state index contributed by atoms with van der Waals surface area (Å²) < 4.78 is 0. The number of aryl methyl sites for hydroxylation is 1. The minimum Gasteiger partial charge on any atom is -0.359 e. The Bertz CT molecular complexity index is 319. The van der Waals surface area contributed by atoms with Crippen molar-refractivity contribution in [2.75, 3.05) is 11.9 Å². The fraction of sp³-hybridized carbons (Fsp3) is 0.200. The highest BCUT2D eigenvalue weighted by Gasteiger charge is 1.95.